The van der Waals surface area contributed by atoms with E-state index in [0.717, 1.165) is 30.3 Å². The highest BCUT2D eigenvalue weighted by molar-refractivity contribution is 5.94. The lowest BCUT2D eigenvalue weighted by atomic mass is 10.2. The Balaban J connectivity index is 1.44. The molecule has 0 radical (unpaired) electrons. The molecule has 3 heterocycles. The maximum absolute atomic E-state index is 12.5. The summed E-state index contributed by atoms with van der Waals surface area (Å²) in [4.78, 5) is 29.3. The van der Waals surface area contributed by atoms with Crippen molar-refractivity contribution in [1.29, 1.82) is 0 Å². The number of aromatic nitrogens is 4. The fourth-order valence-corrected chi connectivity index (χ4v) is 2.95. The number of carbonyl (C=O) groups excluding carboxylic acids is 1. The van der Waals surface area contributed by atoms with E-state index in [2.05, 4.69) is 19.9 Å². The molecular weight excluding hydrogens is 316 g/mol. The first kappa shape index (κ1) is 15.3. The minimum absolute atomic E-state index is 0.0852. The zero-order valence-electron chi connectivity index (χ0n) is 13.7. The smallest absolute Gasteiger partial charge is 0.253 e. The van der Waals surface area contributed by atoms with Gasteiger partial charge in [-0.3, -0.25) is 9.36 Å². The predicted molar refractivity (Wildman–Crippen MR) is 93.7 cm³/mol. The quantitative estimate of drug-likeness (QED) is 0.728. The number of piperazine rings is 1. The summed E-state index contributed by atoms with van der Waals surface area (Å²) in [7, 11) is 0. The molecule has 1 aromatic carbocycles. The Bertz CT molecular complexity index is 841. The Morgan fingerprint density at radius 2 is 1.72 bits per heavy atom. The van der Waals surface area contributed by atoms with E-state index >= 15 is 0 Å². The molecule has 4 rings (SSSR count). The maximum atomic E-state index is 12.5. The molecule has 1 aliphatic heterocycles. The monoisotopic (exact) mass is 334 g/mol. The van der Waals surface area contributed by atoms with Crippen molar-refractivity contribution in [3.05, 3.63) is 67.0 Å². The van der Waals surface area contributed by atoms with Crippen LogP contribution in [0.2, 0.25) is 0 Å². The predicted octanol–water partition coefficient (Wildman–Crippen LogP) is 1.62. The number of benzene rings is 1. The molecular formula is C18H18N6O. The first-order valence-electron chi connectivity index (χ1n) is 8.21. The van der Waals surface area contributed by atoms with Crippen LogP contribution in [-0.4, -0.2) is 56.5 Å². The lowest BCUT2D eigenvalue weighted by Crippen LogP contribution is -2.49. The van der Waals surface area contributed by atoms with Crippen LogP contribution in [0.15, 0.2) is 61.4 Å². The van der Waals surface area contributed by atoms with Gasteiger partial charge in [-0.25, -0.2) is 15.0 Å². The van der Waals surface area contributed by atoms with E-state index in [0.29, 0.717) is 13.1 Å². The van der Waals surface area contributed by atoms with Gasteiger partial charge in [-0.2, -0.15) is 0 Å². The van der Waals surface area contributed by atoms with Gasteiger partial charge >= 0.3 is 0 Å². The number of hydrogen-bond acceptors (Lipinski definition) is 5. The van der Waals surface area contributed by atoms with Gasteiger partial charge in [-0.15, -0.1) is 0 Å². The van der Waals surface area contributed by atoms with E-state index in [4.69, 9.17) is 0 Å². The van der Waals surface area contributed by atoms with Crippen molar-refractivity contribution in [1.82, 2.24) is 24.4 Å². The van der Waals surface area contributed by atoms with Crippen LogP contribution in [0.3, 0.4) is 0 Å². The van der Waals surface area contributed by atoms with Gasteiger partial charge in [0.05, 0.1) is 0 Å². The highest BCUT2D eigenvalue weighted by atomic mass is 16.2. The normalized spacial score (nSPS) is 14.6. The van der Waals surface area contributed by atoms with Crippen molar-refractivity contribution >= 4 is 11.7 Å². The molecule has 1 fully saturated rings. The van der Waals surface area contributed by atoms with Crippen molar-refractivity contribution in [2.75, 3.05) is 31.1 Å². The van der Waals surface area contributed by atoms with E-state index in [1.54, 1.807) is 18.9 Å². The second-order valence-electron chi connectivity index (χ2n) is 5.85. The number of hydrogen-bond donors (Lipinski definition) is 0. The number of amides is 1. The van der Waals surface area contributed by atoms with Gasteiger partial charge in [-0.05, 0) is 12.1 Å². The fourth-order valence-electron chi connectivity index (χ4n) is 2.95. The fraction of sp³-hybridized carbons (Fsp3) is 0.222. The number of anilines is 1. The largest absolute Gasteiger partial charge is 0.353 e. The van der Waals surface area contributed by atoms with Crippen molar-refractivity contribution in [2.24, 2.45) is 0 Å². The van der Waals surface area contributed by atoms with Gasteiger partial charge in [0.2, 0.25) is 0 Å². The van der Waals surface area contributed by atoms with Crippen LogP contribution in [0.25, 0.3) is 5.82 Å². The van der Waals surface area contributed by atoms with Gasteiger partial charge < -0.3 is 9.80 Å². The molecule has 1 saturated heterocycles. The van der Waals surface area contributed by atoms with Crippen molar-refractivity contribution < 1.29 is 4.79 Å². The summed E-state index contributed by atoms with van der Waals surface area (Å²) in [6.45, 7) is 2.86. The van der Waals surface area contributed by atoms with Crippen LogP contribution in [0.1, 0.15) is 10.4 Å². The molecule has 0 spiro atoms. The molecule has 0 unspecified atom stereocenters. The Labute approximate surface area is 145 Å². The molecule has 126 valence electrons. The molecule has 1 aliphatic rings. The Hall–Kier alpha value is -3.22. The number of carbonyl (C=O) groups is 1. The molecule has 0 bridgehead atoms. The highest BCUT2D eigenvalue weighted by Crippen LogP contribution is 2.17. The second kappa shape index (κ2) is 6.72. The molecule has 0 saturated carbocycles. The molecule has 7 heteroatoms. The average molecular weight is 334 g/mol. The molecule has 1 amide bonds. The summed E-state index contributed by atoms with van der Waals surface area (Å²) in [6.07, 6.45) is 6.84. The van der Waals surface area contributed by atoms with Crippen molar-refractivity contribution in [3.8, 4) is 5.82 Å². The van der Waals surface area contributed by atoms with Crippen LogP contribution >= 0.6 is 0 Å². The molecule has 0 N–H and O–H groups in total. The Morgan fingerprint density at radius 3 is 2.44 bits per heavy atom. The van der Waals surface area contributed by atoms with Crippen LogP contribution < -0.4 is 4.90 Å². The summed E-state index contributed by atoms with van der Waals surface area (Å²) in [5.74, 6) is 1.73. The van der Waals surface area contributed by atoms with E-state index in [9.17, 15) is 4.79 Å². The minimum Gasteiger partial charge on any atom is -0.353 e. The zero-order valence-corrected chi connectivity index (χ0v) is 13.7. The lowest BCUT2D eigenvalue weighted by Gasteiger charge is -2.35. The van der Waals surface area contributed by atoms with Gasteiger partial charge in [-0.1, -0.05) is 18.2 Å². The van der Waals surface area contributed by atoms with E-state index in [-0.39, 0.29) is 5.91 Å². The minimum atomic E-state index is 0.0852. The average Bonchev–Trinajstić information content (AvgIpc) is 3.23. The standard InChI is InChI=1S/C18H18N6O/c25-18(15-4-2-1-3-5-15)23-10-8-22(9-11-23)16-12-17(21-13-20-16)24-7-6-19-14-24/h1-7,12-14H,8-11H2. The lowest BCUT2D eigenvalue weighted by molar-refractivity contribution is 0.0746. The van der Waals surface area contributed by atoms with Crippen molar-refractivity contribution in [2.45, 2.75) is 0 Å². The highest BCUT2D eigenvalue weighted by Gasteiger charge is 2.23. The first-order valence-corrected chi connectivity index (χ1v) is 8.21. The Morgan fingerprint density at radius 1 is 0.960 bits per heavy atom. The van der Waals surface area contributed by atoms with Gasteiger partial charge in [0, 0.05) is 50.2 Å². The third-order valence-corrected chi connectivity index (χ3v) is 4.32. The molecule has 7 nitrogen and oxygen atoms in total. The summed E-state index contributed by atoms with van der Waals surface area (Å²) in [6, 6.07) is 11.4. The van der Waals surface area contributed by atoms with Gasteiger partial charge in [0.25, 0.3) is 5.91 Å². The zero-order chi connectivity index (χ0) is 17.1. The van der Waals surface area contributed by atoms with E-state index in [1.165, 1.54) is 0 Å². The first-order chi connectivity index (χ1) is 12.3. The third kappa shape index (κ3) is 3.21. The molecule has 0 atom stereocenters. The summed E-state index contributed by atoms with van der Waals surface area (Å²) in [5, 5.41) is 0. The molecule has 25 heavy (non-hydrogen) atoms. The maximum Gasteiger partial charge on any atom is 0.253 e. The van der Waals surface area contributed by atoms with E-state index in [1.807, 2.05) is 52.1 Å². The topological polar surface area (TPSA) is 67.2 Å². The SMILES string of the molecule is O=C(c1ccccc1)N1CCN(c2cc(-n3ccnc3)ncn2)CC1. The third-order valence-electron chi connectivity index (χ3n) is 4.32. The summed E-state index contributed by atoms with van der Waals surface area (Å²) < 4.78 is 1.85. The Kier molecular flexibility index (Phi) is 4.12. The van der Waals surface area contributed by atoms with Crippen LogP contribution in [0.5, 0.6) is 0 Å². The number of nitrogens with zero attached hydrogens (tertiary/aromatic N) is 6. The van der Waals surface area contributed by atoms with E-state index < -0.39 is 0 Å². The number of imidazole rings is 1. The van der Waals surface area contributed by atoms with Crippen molar-refractivity contribution in [3.63, 3.8) is 0 Å². The summed E-state index contributed by atoms with van der Waals surface area (Å²) in [5.41, 5.74) is 0.736. The van der Waals surface area contributed by atoms with Gasteiger partial charge in [0.1, 0.15) is 24.3 Å². The summed E-state index contributed by atoms with van der Waals surface area (Å²) >= 11 is 0. The molecule has 2 aromatic heterocycles. The van der Waals surface area contributed by atoms with Gasteiger partial charge in [0.15, 0.2) is 0 Å². The number of rotatable bonds is 3. The van der Waals surface area contributed by atoms with Crippen LogP contribution in [0, 0.1) is 0 Å². The molecule has 0 aliphatic carbocycles. The second-order valence-corrected chi connectivity index (χ2v) is 5.85. The van der Waals surface area contributed by atoms with Crippen LogP contribution in [-0.2, 0) is 0 Å². The molecule has 3 aromatic rings. The van der Waals surface area contributed by atoms with Crippen LogP contribution in [0.4, 0.5) is 5.82 Å².